The highest BCUT2D eigenvalue weighted by Gasteiger charge is 2.15. The minimum Gasteiger partial charge on any atom is -0.310 e. The normalized spacial score (nSPS) is 12.4. The Labute approximate surface area is 136 Å². The monoisotopic (exact) mass is 345 g/mol. The highest BCUT2D eigenvalue weighted by molar-refractivity contribution is 9.10. The van der Waals surface area contributed by atoms with Crippen LogP contribution in [0.4, 0.5) is 0 Å². The van der Waals surface area contributed by atoms with Crippen LogP contribution in [0.1, 0.15) is 40.8 Å². The molecule has 1 unspecified atom stereocenters. The molecular weight excluding hydrogens is 322 g/mol. The Morgan fingerprint density at radius 2 is 1.67 bits per heavy atom. The number of rotatable bonds is 5. The fourth-order valence-electron chi connectivity index (χ4n) is 2.69. The molecule has 0 aliphatic rings. The summed E-state index contributed by atoms with van der Waals surface area (Å²) >= 11 is 3.72. The predicted octanol–water partition coefficient (Wildman–Crippen LogP) is 5.27. The van der Waals surface area contributed by atoms with E-state index >= 15 is 0 Å². The molecule has 0 aliphatic carbocycles. The molecule has 2 heteroatoms. The lowest BCUT2D eigenvalue weighted by Gasteiger charge is -2.21. The molecule has 2 aromatic carbocycles. The summed E-state index contributed by atoms with van der Waals surface area (Å²) in [5, 5.41) is 3.62. The fourth-order valence-corrected chi connectivity index (χ4v) is 3.46. The number of likely N-dealkylation sites (N-methyl/N-ethyl adjacent to an activating group) is 1. The van der Waals surface area contributed by atoms with Gasteiger partial charge in [0.05, 0.1) is 0 Å². The van der Waals surface area contributed by atoms with Gasteiger partial charge < -0.3 is 5.32 Å². The standard InChI is InChI=1S/C19H24BrN/c1-5-21-19(17-9-7-14(3)11-18(17)20)12-16-10-13(2)6-8-15(16)4/h6-11,19,21H,5,12H2,1-4H3. The second-order valence-corrected chi connectivity index (χ2v) is 6.62. The molecule has 0 aromatic heterocycles. The van der Waals surface area contributed by atoms with Crippen LogP contribution in [0.5, 0.6) is 0 Å². The van der Waals surface area contributed by atoms with Gasteiger partial charge in [-0.25, -0.2) is 0 Å². The van der Waals surface area contributed by atoms with Crippen molar-refractivity contribution in [3.05, 3.63) is 68.7 Å². The second kappa shape index (κ2) is 7.24. The average Bonchev–Trinajstić information content (AvgIpc) is 2.42. The maximum atomic E-state index is 3.72. The molecule has 0 fully saturated rings. The van der Waals surface area contributed by atoms with Gasteiger partial charge in [-0.15, -0.1) is 0 Å². The number of hydrogen-bond acceptors (Lipinski definition) is 1. The Hall–Kier alpha value is -1.12. The van der Waals surface area contributed by atoms with Crippen LogP contribution in [0.25, 0.3) is 0 Å². The lowest BCUT2D eigenvalue weighted by Crippen LogP contribution is -2.23. The van der Waals surface area contributed by atoms with E-state index in [1.165, 1.54) is 32.3 Å². The number of hydrogen-bond donors (Lipinski definition) is 1. The zero-order valence-corrected chi connectivity index (χ0v) is 14.9. The minimum atomic E-state index is 0.338. The molecule has 0 saturated carbocycles. The predicted molar refractivity (Wildman–Crippen MR) is 94.9 cm³/mol. The smallest absolute Gasteiger partial charge is 0.0372 e. The first-order valence-corrected chi connectivity index (χ1v) is 8.36. The third-order valence-electron chi connectivity index (χ3n) is 3.91. The van der Waals surface area contributed by atoms with E-state index in [1.54, 1.807) is 0 Å². The SMILES string of the molecule is CCNC(Cc1cc(C)ccc1C)c1ccc(C)cc1Br. The molecule has 1 atom stereocenters. The van der Waals surface area contributed by atoms with Crippen molar-refractivity contribution in [1.29, 1.82) is 0 Å². The Morgan fingerprint density at radius 1 is 1.00 bits per heavy atom. The number of halogens is 1. The van der Waals surface area contributed by atoms with Gasteiger partial charge in [0.2, 0.25) is 0 Å². The van der Waals surface area contributed by atoms with Crippen molar-refractivity contribution in [2.45, 2.75) is 40.2 Å². The van der Waals surface area contributed by atoms with E-state index in [-0.39, 0.29) is 0 Å². The van der Waals surface area contributed by atoms with Crippen molar-refractivity contribution in [1.82, 2.24) is 5.32 Å². The Morgan fingerprint density at radius 3 is 2.33 bits per heavy atom. The van der Waals surface area contributed by atoms with Crippen molar-refractivity contribution in [3.8, 4) is 0 Å². The maximum absolute atomic E-state index is 3.72. The molecular formula is C19H24BrN. The molecule has 1 N–H and O–H groups in total. The van der Waals surface area contributed by atoms with Gasteiger partial charge in [-0.05, 0) is 62.1 Å². The van der Waals surface area contributed by atoms with Gasteiger partial charge in [0.15, 0.2) is 0 Å². The Kier molecular flexibility index (Phi) is 5.60. The van der Waals surface area contributed by atoms with Gasteiger partial charge in [-0.2, -0.15) is 0 Å². The van der Waals surface area contributed by atoms with Crippen LogP contribution in [0.15, 0.2) is 40.9 Å². The van der Waals surface area contributed by atoms with Gasteiger partial charge in [0.1, 0.15) is 0 Å². The molecule has 2 rings (SSSR count). The van der Waals surface area contributed by atoms with E-state index in [9.17, 15) is 0 Å². The summed E-state index contributed by atoms with van der Waals surface area (Å²) in [5.41, 5.74) is 6.74. The van der Waals surface area contributed by atoms with Gasteiger partial charge in [0.25, 0.3) is 0 Å². The van der Waals surface area contributed by atoms with Crippen molar-refractivity contribution in [2.24, 2.45) is 0 Å². The Bertz CT molecular complexity index is 619. The summed E-state index contributed by atoms with van der Waals surface area (Å²) < 4.78 is 1.19. The third kappa shape index (κ3) is 4.18. The van der Waals surface area contributed by atoms with Crippen LogP contribution in [-0.2, 0) is 6.42 Å². The largest absolute Gasteiger partial charge is 0.310 e. The highest BCUT2D eigenvalue weighted by atomic mass is 79.9. The topological polar surface area (TPSA) is 12.0 Å². The van der Waals surface area contributed by atoms with Crippen LogP contribution in [0.2, 0.25) is 0 Å². The van der Waals surface area contributed by atoms with Gasteiger partial charge >= 0.3 is 0 Å². The molecule has 1 nitrogen and oxygen atoms in total. The zero-order valence-electron chi connectivity index (χ0n) is 13.3. The highest BCUT2D eigenvalue weighted by Crippen LogP contribution is 2.28. The molecule has 112 valence electrons. The third-order valence-corrected chi connectivity index (χ3v) is 4.60. The molecule has 0 bridgehead atoms. The van der Waals surface area contributed by atoms with Crippen molar-refractivity contribution in [3.63, 3.8) is 0 Å². The second-order valence-electron chi connectivity index (χ2n) is 5.77. The molecule has 0 radical (unpaired) electrons. The first-order chi connectivity index (χ1) is 10.0. The average molecular weight is 346 g/mol. The van der Waals surface area contributed by atoms with E-state index in [1.807, 2.05) is 0 Å². The molecule has 0 aliphatic heterocycles. The lowest BCUT2D eigenvalue weighted by atomic mass is 9.94. The van der Waals surface area contributed by atoms with Crippen LogP contribution in [0.3, 0.4) is 0 Å². The summed E-state index contributed by atoms with van der Waals surface area (Å²) in [7, 11) is 0. The molecule has 0 amide bonds. The van der Waals surface area contributed by atoms with Crippen LogP contribution >= 0.6 is 15.9 Å². The fraction of sp³-hybridized carbons (Fsp3) is 0.368. The quantitative estimate of drug-likeness (QED) is 0.778. The maximum Gasteiger partial charge on any atom is 0.0372 e. The van der Waals surface area contributed by atoms with Crippen LogP contribution in [-0.4, -0.2) is 6.54 Å². The van der Waals surface area contributed by atoms with Gasteiger partial charge in [-0.1, -0.05) is 58.7 Å². The summed E-state index contributed by atoms with van der Waals surface area (Å²) in [6, 6.07) is 13.7. The van der Waals surface area contributed by atoms with E-state index in [0.717, 1.165) is 13.0 Å². The molecule has 0 spiro atoms. The molecule has 0 heterocycles. The number of nitrogens with one attached hydrogen (secondary N) is 1. The summed E-state index contributed by atoms with van der Waals surface area (Å²) in [4.78, 5) is 0. The van der Waals surface area contributed by atoms with E-state index in [0.29, 0.717) is 6.04 Å². The molecule has 2 aromatic rings. The summed E-state index contributed by atoms with van der Waals surface area (Å²) in [5.74, 6) is 0. The van der Waals surface area contributed by atoms with Crippen molar-refractivity contribution >= 4 is 15.9 Å². The van der Waals surface area contributed by atoms with Crippen molar-refractivity contribution < 1.29 is 0 Å². The van der Waals surface area contributed by atoms with E-state index in [4.69, 9.17) is 0 Å². The Balaban J connectivity index is 2.32. The zero-order chi connectivity index (χ0) is 15.4. The number of benzene rings is 2. The first-order valence-electron chi connectivity index (χ1n) is 7.56. The van der Waals surface area contributed by atoms with Crippen LogP contribution < -0.4 is 5.32 Å². The van der Waals surface area contributed by atoms with Crippen molar-refractivity contribution in [2.75, 3.05) is 6.54 Å². The number of aryl methyl sites for hydroxylation is 3. The minimum absolute atomic E-state index is 0.338. The van der Waals surface area contributed by atoms with Gasteiger partial charge in [0, 0.05) is 10.5 Å². The molecule has 0 saturated heterocycles. The summed E-state index contributed by atoms with van der Waals surface area (Å²) in [6.07, 6.45) is 1.02. The first kappa shape index (κ1) is 16.3. The van der Waals surface area contributed by atoms with Gasteiger partial charge in [-0.3, -0.25) is 0 Å². The lowest BCUT2D eigenvalue weighted by molar-refractivity contribution is 0.546. The summed E-state index contributed by atoms with van der Waals surface area (Å²) in [6.45, 7) is 9.62. The van der Waals surface area contributed by atoms with E-state index in [2.05, 4.69) is 85.3 Å². The van der Waals surface area contributed by atoms with Crippen LogP contribution in [0, 0.1) is 20.8 Å². The molecule has 21 heavy (non-hydrogen) atoms. The van der Waals surface area contributed by atoms with E-state index < -0.39 is 0 Å².